The summed E-state index contributed by atoms with van der Waals surface area (Å²) in [7, 11) is 0. The van der Waals surface area contributed by atoms with E-state index in [1.807, 2.05) is 13.1 Å². The lowest BCUT2D eigenvalue weighted by molar-refractivity contribution is 0.271. The lowest BCUT2D eigenvalue weighted by Gasteiger charge is -2.27. The van der Waals surface area contributed by atoms with Crippen LogP contribution >= 0.6 is 0 Å². The second-order valence-electron chi connectivity index (χ2n) is 5.92. The van der Waals surface area contributed by atoms with E-state index >= 15 is 0 Å². The molecule has 0 aromatic carbocycles. The molecule has 2 aliphatic rings. The fourth-order valence-electron chi connectivity index (χ4n) is 3.46. The highest BCUT2D eigenvalue weighted by atomic mass is 15.2. The Balaban J connectivity index is 1.80. The van der Waals surface area contributed by atoms with Gasteiger partial charge in [0, 0.05) is 25.3 Å². The molecule has 4 heteroatoms. The van der Waals surface area contributed by atoms with E-state index in [-0.39, 0.29) is 0 Å². The van der Waals surface area contributed by atoms with Gasteiger partial charge in [-0.3, -0.25) is 4.98 Å². The lowest BCUT2D eigenvalue weighted by Crippen LogP contribution is -2.32. The lowest BCUT2D eigenvalue weighted by atomic mass is 9.79. The number of hydrogen-bond donors (Lipinski definition) is 1. The molecular weight excluding hydrogens is 224 g/mol. The predicted molar refractivity (Wildman–Crippen MR) is 72.5 cm³/mol. The van der Waals surface area contributed by atoms with Crippen LogP contribution in [0, 0.1) is 25.7 Å². The summed E-state index contributed by atoms with van der Waals surface area (Å²) in [6, 6.07) is 0.413. The minimum Gasteiger partial charge on any atom is -0.355 e. The Kier molecular flexibility index (Phi) is 2.98. The standard InChI is InChI=1S/C14H22N4/c1-9-6-16-10(2)14(17-9)18-7-11-3-4-13(15)5-12(11)8-18/h6,11-13H,3-5,7-8,15H2,1-2H3/t11-,12+,13?/m0/s1. The molecule has 4 nitrogen and oxygen atoms in total. The van der Waals surface area contributed by atoms with Crippen LogP contribution in [-0.4, -0.2) is 29.1 Å². The van der Waals surface area contributed by atoms with Gasteiger partial charge in [-0.05, 0) is 44.9 Å². The van der Waals surface area contributed by atoms with E-state index < -0.39 is 0 Å². The van der Waals surface area contributed by atoms with Crippen LogP contribution in [0.1, 0.15) is 30.7 Å². The highest BCUT2D eigenvalue weighted by Crippen LogP contribution is 2.37. The molecule has 0 bridgehead atoms. The first-order chi connectivity index (χ1) is 8.63. The fourth-order valence-corrected chi connectivity index (χ4v) is 3.46. The van der Waals surface area contributed by atoms with E-state index in [4.69, 9.17) is 5.73 Å². The molecule has 1 saturated carbocycles. The third kappa shape index (κ3) is 2.09. The Morgan fingerprint density at radius 1 is 1.22 bits per heavy atom. The maximum absolute atomic E-state index is 6.08. The first-order valence-electron chi connectivity index (χ1n) is 6.94. The predicted octanol–water partition coefficient (Wildman–Crippen LogP) is 1.66. The van der Waals surface area contributed by atoms with E-state index in [1.165, 1.54) is 19.3 Å². The van der Waals surface area contributed by atoms with Gasteiger partial charge in [-0.15, -0.1) is 0 Å². The van der Waals surface area contributed by atoms with Crippen molar-refractivity contribution in [3.63, 3.8) is 0 Å². The number of aromatic nitrogens is 2. The van der Waals surface area contributed by atoms with Crippen LogP contribution in [0.25, 0.3) is 0 Å². The molecule has 1 saturated heterocycles. The van der Waals surface area contributed by atoms with Gasteiger partial charge in [0.15, 0.2) is 0 Å². The average molecular weight is 246 g/mol. The molecule has 1 aromatic heterocycles. The summed E-state index contributed by atoms with van der Waals surface area (Å²) in [4.78, 5) is 11.5. The van der Waals surface area contributed by atoms with Crippen LogP contribution in [0.4, 0.5) is 5.82 Å². The molecular formula is C14H22N4. The molecule has 18 heavy (non-hydrogen) atoms. The largest absolute Gasteiger partial charge is 0.355 e. The van der Waals surface area contributed by atoms with Crippen LogP contribution < -0.4 is 10.6 Å². The molecule has 1 aromatic rings. The van der Waals surface area contributed by atoms with Crippen molar-refractivity contribution < 1.29 is 0 Å². The Morgan fingerprint density at radius 3 is 2.83 bits per heavy atom. The second-order valence-corrected chi connectivity index (χ2v) is 5.92. The first-order valence-corrected chi connectivity index (χ1v) is 6.94. The van der Waals surface area contributed by atoms with Crippen LogP contribution in [0.5, 0.6) is 0 Å². The SMILES string of the molecule is Cc1cnc(C)c(N2C[C@H]3CC(N)CC[C@H]3C2)n1. The number of rotatable bonds is 1. The van der Waals surface area contributed by atoms with Gasteiger partial charge in [-0.25, -0.2) is 4.98 Å². The molecule has 1 aliphatic heterocycles. The van der Waals surface area contributed by atoms with E-state index in [1.54, 1.807) is 0 Å². The third-order valence-corrected chi connectivity index (χ3v) is 4.44. The molecule has 3 atom stereocenters. The minimum absolute atomic E-state index is 0.413. The topological polar surface area (TPSA) is 55.0 Å². The Hall–Kier alpha value is -1.16. The molecule has 98 valence electrons. The summed E-state index contributed by atoms with van der Waals surface area (Å²) in [6.45, 7) is 6.30. The molecule has 2 heterocycles. The number of fused-ring (bicyclic) bond motifs is 1. The molecule has 1 unspecified atom stereocenters. The number of nitrogens with two attached hydrogens (primary N) is 1. The summed E-state index contributed by atoms with van der Waals surface area (Å²) in [5.41, 5.74) is 8.13. The van der Waals surface area contributed by atoms with E-state index in [0.717, 1.165) is 42.1 Å². The molecule has 2 N–H and O–H groups in total. The number of nitrogens with zero attached hydrogens (tertiary/aromatic N) is 3. The summed E-state index contributed by atoms with van der Waals surface area (Å²) in [5.74, 6) is 2.65. The van der Waals surface area contributed by atoms with Crippen LogP contribution in [0.3, 0.4) is 0 Å². The molecule has 0 spiro atoms. The third-order valence-electron chi connectivity index (χ3n) is 4.44. The Labute approximate surface area is 109 Å². The fraction of sp³-hybridized carbons (Fsp3) is 0.714. The molecule has 3 rings (SSSR count). The monoisotopic (exact) mass is 246 g/mol. The molecule has 1 aliphatic carbocycles. The second kappa shape index (κ2) is 4.50. The van der Waals surface area contributed by atoms with E-state index in [2.05, 4.69) is 21.8 Å². The van der Waals surface area contributed by atoms with Gasteiger partial charge < -0.3 is 10.6 Å². The first kappa shape index (κ1) is 11.9. The summed E-state index contributed by atoms with van der Waals surface area (Å²) in [6.07, 6.45) is 5.49. The summed E-state index contributed by atoms with van der Waals surface area (Å²) in [5, 5.41) is 0. The van der Waals surface area contributed by atoms with Crippen LogP contribution in [0.2, 0.25) is 0 Å². The van der Waals surface area contributed by atoms with Gasteiger partial charge in [0.05, 0.1) is 11.4 Å². The van der Waals surface area contributed by atoms with E-state index in [9.17, 15) is 0 Å². The van der Waals surface area contributed by atoms with Crippen molar-refractivity contribution in [1.29, 1.82) is 0 Å². The molecule has 2 fully saturated rings. The normalized spacial score (nSPS) is 31.5. The van der Waals surface area contributed by atoms with Gasteiger partial charge in [-0.1, -0.05) is 0 Å². The van der Waals surface area contributed by atoms with Crippen molar-refractivity contribution in [1.82, 2.24) is 9.97 Å². The zero-order valence-electron chi connectivity index (χ0n) is 11.3. The Bertz CT molecular complexity index is 445. The van der Waals surface area contributed by atoms with Gasteiger partial charge in [-0.2, -0.15) is 0 Å². The minimum atomic E-state index is 0.413. The van der Waals surface area contributed by atoms with E-state index in [0.29, 0.717) is 6.04 Å². The molecule has 0 radical (unpaired) electrons. The maximum Gasteiger partial charge on any atom is 0.150 e. The van der Waals surface area contributed by atoms with Crippen molar-refractivity contribution in [2.75, 3.05) is 18.0 Å². The number of anilines is 1. The highest BCUT2D eigenvalue weighted by Gasteiger charge is 2.37. The van der Waals surface area contributed by atoms with Gasteiger partial charge in [0.25, 0.3) is 0 Å². The van der Waals surface area contributed by atoms with Crippen LogP contribution in [0.15, 0.2) is 6.20 Å². The maximum atomic E-state index is 6.08. The van der Waals surface area contributed by atoms with Crippen molar-refractivity contribution in [2.45, 2.75) is 39.2 Å². The molecule has 0 amide bonds. The number of hydrogen-bond acceptors (Lipinski definition) is 4. The zero-order chi connectivity index (χ0) is 12.7. The highest BCUT2D eigenvalue weighted by molar-refractivity contribution is 5.44. The Morgan fingerprint density at radius 2 is 2.00 bits per heavy atom. The average Bonchev–Trinajstić information content (AvgIpc) is 2.74. The van der Waals surface area contributed by atoms with Crippen LogP contribution in [-0.2, 0) is 0 Å². The van der Waals surface area contributed by atoms with Crippen molar-refractivity contribution in [2.24, 2.45) is 17.6 Å². The van der Waals surface area contributed by atoms with Crippen molar-refractivity contribution >= 4 is 5.82 Å². The van der Waals surface area contributed by atoms with Gasteiger partial charge in [0.1, 0.15) is 5.82 Å². The number of aryl methyl sites for hydroxylation is 2. The zero-order valence-corrected chi connectivity index (χ0v) is 11.3. The quantitative estimate of drug-likeness (QED) is 0.818. The van der Waals surface area contributed by atoms with Crippen molar-refractivity contribution in [3.05, 3.63) is 17.6 Å². The van der Waals surface area contributed by atoms with Crippen molar-refractivity contribution in [3.8, 4) is 0 Å². The van der Waals surface area contributed by atoms with Gasteiger partial charge >= 0.3 is 0 Å². The summed E-state index contributed by atoms with van der Waals surface area (Å²) >= 11 is 0. The smallest absolute Gasteiger partial charge is 0.150 e. The van der Waals surface area contributed by atoms with Gasteiger partial charge in [0.2, 0.25) is 0 Å². The summed E-state index contributed by atoms with van der Waals surface area (Å²) < 4.78 is 0.